The van der Waals surface area contributed by atoms with E-state index in [1.165, 1.54) is 6.39 Å². The Morgan fingerprint density at radius 3 is 2.94 bits per heavy atom. The SMILES string of the molecule is Clc1cc(Br)ccc1CNCc1ncon1. The summed E-state index contributed by atoms with van der Waals surface area (Å²) in [6.45, 7) is 1.23. The maximum atomic E-state index is 6.07. The van der Waals surface area contributed by atoms with E-state index in [2.05, 4.69) is 35.9 Å². The van der Waals surface area contributed by atoms with Gasteiger partial charge in [0, 0.05) is 16.0 Å². The lowest BCUT2D eigenvalue weighted by atomic mass is 10.2. The highest BCUT2D eigenvalue weighted by Crippen LogP contribution is 2.21. The summed E-state index contributed by atoms with van der Waals surface area (Å²) in [6.07, 6.45) is 1.31. The molecule has 2 aromatic rings. The molecule has 84 valence electrons. The summed E-state index contributed by atoms with van der Waals surface area (Å²) in [5.41, 5.74) is 1.04. The zero-order valence-electron chi connectivity index (χ0n) is 8.28. The molecule has 0 saturated heterocycles. The third-order valence-corrected chi connectivity index (χ3v) is 2.87. The Morgan fingerprint density at radius 1 is 1.38 bits per heavy atom. The number of nitrogens with zero attached hydrogens (tertiary/aromatic N) is 2. The third-order valence-electron chi connectivity index (χ3n) is 2.02. The first-order valence-electron chi connectivity index (χ1n) is 4.65. The predicted octanol–water partition coefficient (Wildman–Crippen LogP) is 2.78. The molecule has 0 unspecified atom stereocenters. The molecule has 0 aliphatic heterocycles. The normalized spacial score (nSPS) is 10.6. The lowest BCUT2D eigenvalue weighted by molar-refractivity contribution is 0.407. The Bertz CT molecular complexity index is 461. The van der Waals surface area contributed by atoms with Gasteiger partial charge in [-0.3, -0.25) is 0 Å². The van der Waals surface area contributed by atoms with Gasteiger partial charge >= 0.3 is 0 Å². The molecular weight excluding hydrogens is 293 g/mol. The fraction of sp³-hybridized carbons (Fsp3) is 0.200. The summed E-state index contributed by atoms with van der Waals surface area (Å²) in [7, 11) is 0. The summed E-state index contributed by atoms with van der Waals surface area (Å²) in [4.78, 5) is 3.90. The average molecular weight is 303 g/mol. The van der Waals surface area contributed by atoms with Crippen LogP contribution < -0.4 is 5.32 Å². The minimum atomic E-state index is 0.558. The highest BCUT2D eigenvalue weighted by Gasteiger charge is 2.02. The van der Waals surface area contributed by atoms with Crippen LogP contribution in [0, 0.1) is 0 Å². The van der Waals surface area contributed by atoms with Crippen LogP contribution in [0.25, 0.3) is 0 Å². The van der Waals surface area contributed by atoms with Crippen LogP contribution in [0.5, 0.6) is 0 Å². The molecule has 0 amide bonds. The first-order chi connectivity index (χ1) is 7.75. The van der Waals surface area contributed by atoms with Gasteiger partial charge in [-0.25, -0.2) is 0 Å². The number of hydrogen-bond donors (Lipinski definition) is 1. The molecule has 4 nitrogen and oxygen atoms in total. The van der Waals surface area contributed by atoms with Gasteiger partial charge in [0.15, 0.2) is 5.82 Å². The Balaban J connectivity index is 1.90. The lowest BCUT2D eigenvalue weighted by Gasteiger charge is -2.05. The number of nitrogens with one attached hydrogen (secondary N) is 1. The van der Waals surface area contributed by atoms with E-state index in [0.717, 1.165) is 15.1 Å². The van der Waals surface area contributed by atoms with Crippen molar-refractivity contribution in [1.82, 2.24) is 15.5 Å². The summed E-state index contributed by atoms with van der Waals surface area (Å²) in [5.74, 6) is 0.633. The van der Waals surface area contributed by atoms with Crippen molar-refractivity contribution in [3.8, 4) is 0 Å². The van der Waals surface area contributed by atoms with E-state index in [0.29, 0.717) is 18.9 Å². The van der Waals surface area contributed by atoms with Crippen molar-refractivity contribution >= 4 is 27.5 Å². The summed E-state index contributed by atoms with van der Waals surface area (Å²) >= 11 is 9.43. The van der Waals surface area contributed by atoms with Crippen LogP contribution in [-0.4, -0.2) is 10.1 Å². The van der Waals surface area contributed by atoms with Crippen molar-refractivity contribution in [2.75, 3.05) is 0 Å². The van der Waals surface area contributed by atoms with Crippen LogP contribution in [0.4, 0.5) is 0 Å². The molecule has 1 heterocycles. The number of aromatic nitrogens is 2. The number of rotatable bonds is 4. The van der Waals surface area contributed by atoms with Gasteiger partial charge in [0.1, 0.15) is 0 Å². The van der Waals surface area contributed by atoms with Crippen LogP contribution >= 0.6 is 27.5 Å². The number of benzene rings is 1. The minimum Gasteiger partial charge on any atom is -0.343 e. The molecule has 0 atom stereocenters. The molecule has 16 heavy (non-hydrogen) atoms. The van der Waals surface area contributed by atoms with Crippen molar-refractivity contribution in [3.05, 3.63) is 45.5 Å². The third kappa shape index (κ3) is 3.04. The number of halogens is 2. The molecule has 2 rings (SSSR count). The monoisotopic (exact) mass is 301 g/mol. The molecule has 0 aliphatic rings. The quantitative estimate of drug-likeness (QED) is 0.943. The largest absolute Gasteiger partial charge is 0.343 e. The maximum Gasteiger partial charge on any atom is 0.213 e. The van der Waals surface area contributed by atoms with E-state index >= 15 is 0 Å². The Labute approximate surface area is 106 Å². The van der Waals surface area contributed by atoms with Gasteiger partial charge in [-0.1, -0.05) is 38.8 Å². The molecule has 1 N–H and O–H groups in total. The molecule has 0 bridgehead atoms. The molecule has 0 saturated carbocycles. The van der Waals surface area contributed by atoms with Crippen molar-refractivity contribution in [2.45, 2.75) is 13.1 Å². The van der Waals surface area contributed by atoms with Gasteiger partial charge in [0.2, 0.25) is 6.39 Å². The lowest BCUT2D eigenvalue weighted by Crippen LogP contribution is -2.13. The van der Waals surface area contributed by atoms with Crippen LogP contribution in [-0.2, 0) is 13.1 Å². The van der Waals surface area contributed by atoms with Crippen molar-refractivity contribution in [3.63, 3.8) is 0 Å². The Kier molecular flexibility index (Phi) is 3.93. The number of hydrogen-bond acceptors (Lipinski definition) is 4. The molecule has 1 aromatic heterocycles. The van der Waals surface area contributed by atoms with Crippen LogP contribution in [0.2, 0.25) is 5.02 Å². The first-order valence-corrected chi connectivity index (χ1v) is 5.82. The van der Waals surface area contributed by atoms with Crippen molar-refractivity contribution in [2.24, 2.45) is 0 Å². The van der Waals surface area contributed by atoms with Gasteiger partial charge < -0.3 is 9.84 Å². The highest BCUT2D eigenvalue weighted by molar-refractivity contribution is 9.10. The highest BCUT2D eigenvalue weighted by atomic mass is 79.9. The molecule has 0 fully saturated rings. The Morgan fingerprint density at radius 2 is 2.25 bits per heavy atom. The second-order valence-corrected chi connectivity index (χ2v) is 4.51. The van der Waals surface area contributed by atoms with Gasteiger partial charge in [-0.2, -0.15) is 4.98 Å². The van der Waals surface area contributed by atoms with Gasteiger partial charge in [0.25, 0.3) is 0 Å². The molecule has 0 radical (unpaired) electrons. The second-order valence-electron chi connectivity index (χ2n) is 3.19. The molecular formula is C10H9BrClN3O. The molecule has 1 aromatic carbocycles. The second kappa shape index (κ2) is 5.43. The first kappa shape index (κ1) is 11.6. The van der Waals surface area contributed by atoms with Gasteiger partial charge in [-0.05, 0) is 17.7 Å². The average Bonchev–Trinajstić information content (AvgIpc) is 2.74. The zero-order valence-corrected chi connectivity index (χ0v) is 10.6. The van der Waals surface area contributed by atoms with E-state index in [-0.39, 0.29) is 0 Å². The van der Waals surface area contributed by atoms with E-state index in [1.54, 1.807) is 0 Å². The van der Waals surface area contributed by atoms with E-state index in [4.69, 9.17) is 11.6 Å². The smallest absolute Gasteiger partial charge is 0.213 e. The molecule has 6 heteroatoms. The van der Waals surface area contributed by atoms with E-state index < -0.39 is 0 Å². The maximum absolute atomic E-state index is 6.07. The molecule has 0 spiro atoms. The summed E-state index contributed by atoms with van der Waals surface area (Å²) < 4.78 is 5.60. The van der Waals surface area contributed by atoms with Crippen molar-refractivity contribution in [1.29, 1.82) is 0 Å². The van der Waals surface area contributed by atoms with Crippen molar-refractivity contribution < 1.29 is 4.52 Å². The molecule has 0 aliphatic carbocycles. The van der Waals surface area contributed by atoms with E-state index in [9.17, 15) is 0 Å². The minimum absolute atomic E-state index is 0.558. The standard InChI is InChI=1S/C10H9BrClN3O/c11-8-2-1-7(9(12)3-8)4-13-5-10-14-6-16-15-10/h1-3,6,13H,4-5H2. The van der Waals surface area contributed by atoms with Gasteiger partial charge in [0.05, 0.1) is 6.54 Å². The summed E-state index contributed by atoms with van der Waals surface area (Å²) in [6, 6.07) is 5.79. The van der Waals surface area contributed by atoms with Gasteiger partial charge in [-0.15, -0.1) is 0 Å². The fourth-order valence-corrected chi connectivity index (χ4v) is 1.98. The van der Waals surface area contributed by atoms with Crippen LogP contribution in [0.1, 0.15) is 11.4 Å². The Hall–Kier alpha value is -0.910. The van der Waals surface area contributed by atoms with E-state index in [1.807, 2.05) is 18.2 Å². The predicted molar refractivity (Wildman–Crippen MR) is 64.0 cm³/mol. The van der Waals surface area contributed by atoms with Crippen LogP contribution in [0.3, 0.4) is 0 Å². The topological polar surface area (TPSA) is 51.0 Å². The van der Waals surface area contributed by atoms with Crippen LogP contribution in [0.15, 0.2) is 33.6 Å². The zero-order chi connectivity index (χ0) is 11.4. The summed E-state index contributed by atoms with van der Waals surface area (Å²) in [5, 5.41) is 7.61. The fourth-order valence-electron chi connectivity index (χ4n) is 1.24.